The van der Waals surface area contributed by atoms with E-state index >= 15 is 0 Å². The summed E-state index contributed by atoms with van der Waals surface area (Å²) in [6.07, 6.45) is 12.1. The molecule has 0 fully saturated rings. The minimum atomic E-state index is -2.77. The van der Waals surface area contributed by atoms with Gasteiger partial charge in [-0.2, -0.15) is 0 Å². The van der Waals surface area contributed by atoms with E-state index in [0.717, 1.165) is 12.8 Å². The zero-order valence-corrected chi connectivity index (χ0v) is 17.5. The molecule has 0 heterocycles. The average Bonchev–Trinajstić information content (AvgIpc) is 3.30. The molecule has 0 amide bonds. The van der Waals surface area contributed by atoms with Gasteiger partial charge in [-0.3, -0.25) is 0 Å². The van der Waals surface area contributed by atoms with Crippen molar-refractivity contribution in [1.82, 2.24) is 0 Å². The topological polar surface area (TPSA) is 0 Å². The van der Waals surface area contributed by atoms with Crippen molar-refractivity contribution in [1.29, 1.82) is 0 Å². The van der Waals surface area contributed by atoms with Crippen LogP contribution in [0.4, 0.5) is 0 Å². The van der Waals surface area contributed by atoms with Crippen molar-refractivity contribution in [3.63, 3.8) is 0 Å². The van der Waals surface area contributed by atoms with Gasteiger partial charge in [-0.1, -0.05) is 0 Å². The molecule has 2 aliphatic rings. The summed E-state index contributed by atoms with van der Waals surface area (Å²) in [6.45, 7) is 2.27. The Morgan fingerprint density at radius 1 is 1.04 bits per heavy atom. The molecule has 0 N–H and O–H groups in total. The Kier molecular flexibility index (Phi) is 4.70. The molecular weight excluding hydrogens is 379 g/mol. The van der Waals surface area contributed by atoms with E-state index in [2.05, 4.69) is 94.2 Å². The Hall–Kier alpha value is -1.59. The first-order valence-corrected chi connectivity index (χ1v) is 15.8. The van der Waals surface area contributed by atoms with Gasteiger partial charge in [0.1, 0.15) is 0 Å². The van der Waals surface area contributed by atoms with E-state index in [1.165, 1.54) is 16.7 Å². The van der Waals surface area contributed by atoms with E-state index in [4.69, 9.17) is 0 Å². The van der Waals surface area contributed by atoms with E-state index in [1.54, 1.807) is 8.84 Å². The molecule has 4 rings (SSSR count). The Morgan fingerprint density at radius 3 is 2.56 bits per heavy atom. The minimum absolute atomic E-state index is 0.599. The summed E-state index contributed by atoms with van der Waals surface area (Å²) in [4.78, 5) is 0. The number of benzene rings is 2. The van der Waals surface area contributed by atoms with Gasteiger partial charge in [-0.25, -0.2) is 0 Å². The molecular formula is C24H25Zr. The first-order valence-electron chi connectivity index (χ1n) is 9.29. The molecule has 1 heteroatoms. The SMILES string of the molecule is CCC1=CC[C]([Zr]([CH3])(=[CH]c2ccccc2)[CH]2C=Cc3ccccc32)=C1. The van der Waals surface area contributed by atoms with Crippen LogP contribution in [0.25, 0.3) is 6.08 Å². The first kappa shape index (κ1) is 16.9. The van der Waals surface area contributed by atoms with Crippen LogP contribution in [-0.4, -0.2) is 3.71 Å². The fraction of sp³-hybridized carbons (Fsp3) is 0.208. The molecule has 2 aliphatic carbocycles. The fourth-order valence-corrected chi connectivity index (χ4v) is 14.3. The maximum absolute atomic E-state index is 2.77. The molecule has 2 atom stereocenters. The Bertz CT molecular complexity index is 926. The first-order chi connectivity index (χ1) is 12.2. The second-order valence-corrected chi connectivity index (χ2v) is 17.4. The number of fused-ring (bicyclic) bond motifs is 1. The van der Waals surface area contributed by atoms with Crippen molar-refractivity contribution in [3.05, 3.63) is 98.4 Å². The van der Waals surface area contributed by atoms with Gasteiger partial charge in [0.25, 0.3) is 0 Å². The summed E-state index contributed by atoms with van der Waals surface area (Å²) in [6, 6.07) is 19.9. The summed E-state index contributed by atoms with van der Waals surface area (Å²) >= 11 is -2.77. The van der Waals surface area contributed by atoms with Crippen LogP contribution in [0.2, 0.25) is 4.63 Å². The van der Waals surface area contributed by atoms with Gasteiger partial charge in [-0.05, 0) is 0 Å². The van der Waals surface area contributed by atoms with E-state index in [1.807, 2.05) is 0 Å². The standard InChI is InChI=1S/C9H7.C7H6.C7H9.CH3.Zr/c1-2-5-9-7-3-6-8(9)4-1;1-7-5-3-2-4-6-7;1-2-7-5-3-4-6-7;;/h1-7H;1-6H;5-6H,2-3H2,1H3;1H3;. The van der Waals surface area contributed by atoms with Crippen LogP contribution in [0, 0.1) is 0 Å². The van der Waals surface area contributed by atoms with Crippen molar-refractivity contribution in [2.45, 2.75) is 28.0 Å². The summed E-state index contributed by atoms with van der Waals surface area (Å²) < 4.78 is 7.64. The van der Waals surface area contributed by atoms with Gasteiger partial charge >= 0.3 is 156 Å². The van der Waals surface area contributed by atoms with Crippen molar-refractivity contribution < 1.29 is 19.8 Å². The zero-order chi connectivity index (χ0) is 17.3. The third-order valence-electron chi connectivity index (χ3n) is 5.76. The van der Waals surface area contributed by atoms with Crippen molar-refractivity contribution >= 4 is 9.78 Å². The maximum atomic E-state index is 2.68. The molecule has 2 aromatic carbocycles. The average molecular weight is 405 g/mol. The second kappa shape index (κ2) is 6.96. The Morgan fingerprint density at radius 2 is 1.80 bits per heavy atom. The number of rotatable bonds is 4. The monoisotopic (exact) mass is 403 g/mol. The summed E-state index contributed by atoms with van der Waals surface area (Å²) in [7, 11) is 0. The van der Waals surface area contributed by atoms with Crippen molar-refractivity contribution in [3.8, 4) is 0 Å². The molecule has 0 spiro atoms. The predicted molar refractivity (Wildman–Crippen MR) is 107 cm³/mol. The van der Waals surface area contributed by atoms with Crippen LogP contribution in [0.5, 0.6) is 0 Å². The van der Waals surface area contributed by atoms with Crippen LogP contribution in [0.15, 0.2) is 81.7 Å². The molecule has 0 bridgehead atoms. The molecule has 0 aliphatic heterocycles. The normalized spacial score (nSPS) is 20.6. The Labute approximate surface area is 155 Å². The van der Waals surface area contributed by atoms with E-state index < -0.39 is 19.8 Å². The van der Waals surface area contributed by atoms with Gasteiger partial charge < -0.3 is 0 Å². The van der Waals surface area contributed by atoms with Gasteiger partial charge in [0.15, 0.2) is 0 Å². The third-order valence-corrected chi connectivity index (χ3v) is 16.7. The van der Waals surface area contributed by atoms with Crippen LogP contribution < -0.4 is 0 Å². The molecule has 0 radical (unpaired) electrons. The van der Waals surface area contributed by atoms with Crippen molar-refractivity contribution in [2.75, 3.05) is 0 Å². The van der Waals surface area contributed by atoms with Gasteiger partial charge in [0.05, 0.1) is 0 Å². The summed E-state index contributed by atoms with van der Waals surface area (Å²) in [5.41, 5.74) is 5.87. The number of allylic oxidation sites excluding steroid dienone is 5. The van der Waals surface area contributed by atoms with E-state index in [0.29, 0.717) is 3.63 Å². The van der Waals surface area contributed by atoms with Crippen molar-refractivity contribution in [2.24, 2.45) is 0 Å². The van der Waals surface area contributed by atoms with Crippen LogP contribution in [0.3, 0.4) is 0 Å². The van der Waals surface area contributed by atoms with E-state index in [9.17, 15) is 0 Å². The molecule has 0 saturated carbocycles. The second-order valence-electron chi connectivity index (χ2n) is 7.31. The molecule has 2 unspecified atom stereocenters. The number of hydrogen-bond donors (Lipinski definition) is 0. The van der Waals surface area contributed by atoms with Gasteiger partial charge in [-0.15, -0.1) is 0 Å². The summed E-state index contributed by atoms with van der Waals surface area (Å²) in [5, 5.41) is 0. The third kappa shape index (κ3) is 3.15. The predicted octanol–water partition coefficient (Wildman–Crippen LogP) is 6.43. The fourth-order valence-electron chi connectivity index (χ4n) is 4.25. The van der Waals surface area contributed by atoms with Gasteiger partial charge in [0.2, 0.25) is 0 Å². The molecule has 25 heavy (non-hydrogen) atoms. The van der Waals surface area contributed by atoms with Crippen LogP contribution in [0.1, 0.15) is 40.1 Å². The van der Waals surface area contributed by atoms with Crippen LogP contribution >= 0.6 is 0 Å². The molecule has 0 aromatic heterocycles. The molecule has 2 aromatic rings. The van der Waals surface area contributed by atoms with Crippen LogP contribution in [-0.2, 0) is 19.8 Å². The quantitative estimate of drug-likeness (QED) is 0.551. The molecule has 0 saturated heterocycles. The Balaban J connectivity index is 1.87. The van der Waals surface area contributed by atoms with E-state index in [-0.39, 0.29) is 0 Å². The van der Waals surface area contributed by atoms with Gasteiger partial charge in [0, 0.05) is 0 Å². The number of hydrogen-bond acceptors (Lipinski definition) is 0. The summed E-state index contributed by atoms with van der Waals surface area (Å²) in [5.74, 6) is 0. The molecule has 125 valence electrons. The molecule has 0 nitrogen and oxygen atoms in total. The zero-order valence-electron chi connectivity index (χ0n) is 15.1.